The van der Waals surface area contributed by atoms with Crippen LogP contribution in [0.5, 0.6) is 0 Å². The van der Waals surface area contributed by atoms with Crippen LogP contribution in [0.15, 0.2) is 0 Å². The lowest BCUT2D eigenvalue weighted by molar-refractivity contribution is -0.243. The summed E-state index contributed by atoms with van der Waals surface area (Å²) in [5.41, 5.74) is -1.49. The number of ether oxygens (including phenoxy) is 3. The van der Waals surface area contributed by atoms with Crippen molar-refractivity contribution in [3.8, 4) is 0 Å². The van der Waals surface area contributed by atoms with E-state index >= 15 is 0 Å². The van der Waals surface area contributed by atoms with Crippen LogP contribution >= 0.6 is 0 Å². The number of carbonyl (C=O) groups is 1. The average Bonchev–Trinajstić information content (AvgIpc) is 3.61. The molecule has 0 aromatic carbocycles. The number of rotatable bonds is 5. The molecule has 3 saturated heterocycles. The van der Waals surface area contributed by atoms with Gasteiger partial charge in [0.1, 0.15) is 18.3 Å². The molecule has 5 saturated carbocycles. The van der Waals surface area contributed by atoms with Crippen LogP contribution in [0.1, 0.15) is 99.8 Å². The molecule has 5 aliphatic carbocycles. The largest absolute Gasteiger partial charge is 0.389 e. The fourth-order valence-electron chi connectivity index (χ4n) is 13.0. The number of hydrogen-bond acceptors (Lipinski definition) is 8. The van der Waals surface area contributed by atoms with E-state index in [1.165, 1.54) is 6.42 Å². The van der Waals surface area contributed by atoms with Gasteiger partial charge in [-0.15, -0.1) is 0 Å². The Bertz CT molecular complexity index is 1270. The molecule has 8 fully saturated rings. The lowest BCUT2D eigenvalue weighted by Crippen LogP contribution is -2.60. The Morgan fingerprint density at radius 3 is 2.55 bits per heavy atom. The summed E-state index contributed by atoms with van der Waals surface area (Å²) in [4.78, 5) is 14.9. The third-order valence-corrected chi connectivity index (χ3v) is 15.8. The van der Waals surface area contributed by atoms with E-state index in [2.05, 4.69) is 39.9 Å². The molecule has 9 nitrogen and oxygen atoms in total. The SMILES string of the molecule is C[C@@H]1C[C]([C@H](O)C(C)(C)O)O[C]2[C@H]1[C@@]1(C)CC[C@@]34C[C@@]35CCC(O[C@H]3CN(C(=O)C6CNC6)CCO3)C(C)(C)[C@@H]5CC[C]4[C@]1(C)[C@H]2O. The third kappa shape index (κ3) is 4.35. The van der Waals surface area contributed by atoms with Crippen LogP contribution in [0.4, 0.5) is 0 Å². The Morgan fingerprint density at radius 1 is 1.13 bits per heavy atom. The quantitative estimate of drug-likeness (QED) is 0.351. The van der Waals surface area contributed by atoms with Crippen LogP contribution < -0.4 is 5.32 Å². The zero-order chi connectivity index (χ0) is 33.5. The zero-order valence-electron chi connectivity index (χ0n) is 29.7. The van der Waals surface area contributed by atoms with E-state index in [0.717, 1.165) is 57.7 Å². The normalized spacial score (nSPS) is 49.2. The van der Waals surface area contributed by atoms with E-state index < -0.39 is 23.2 Å². The Balaban J connectivity index is 1.01. The maximum atomic E-state index is 13.0. The molecule has 11 atom stereocenters. The topological polar surface area (TPSA) is 121 Å². The predicted molar refractivity (Wildman–Crippen MR) is 175 cm³/mol. The van der Waals surface area contributed by atoms with E-state index in [9.17, 15) is 20.1 Å². The third-order valence-electron chi connectivity index (χ3n) is 15.8. The zero-order valence-corrected chi connectivity index (χ0v) is 29.7. The van der Waals surface area contributed by atoms with Gasteiger partial charge in [-0.05, 0) is 105 Å². The fourth-order valence-corrected chi connectivity index (χ4v) is 13.0. The molecule has 9 heteroatoms. The molecule has 1 amide bonds. The number of amides is 1. The van der Waals surface area contributed by atoms with Gasteiger partial charge in [-0.2, -0.15) is 0 Å². The van der Waals surface area contributed by atoms with E-state index in [1.54, 1.807) is 19.8 Å². The first-order valence-corrected chi connectivity index (χ1v) is 18.6. The van der Waals surface area contributed by atoms with Crippen molar-refractivity contribution >= 4 is 5.91 Å². The molecule has 47 heavy (non-hydrogen) atoms. The number of fused-ring (bicyclic) bond motifs is 4. The first-order valence-electron chi connectivity index (χ1n) is 18.6. The van der Waals surface area contributed by atoms with E-state index in [-0.39, 0.29) is 57.7 Å². The fraction of sp³-hybridized carbons (Fsp3) is 0.895. The number of aliphatic hydroxyl groups excluding tert-OH is 2. The van der Waals surface area contributed by atoms with Crippen molar-refractivity contribution in [3.63, 3.8) is 0 Å². The molecular weight excluding hydrogens is 596 g/mol. The number of carbonyl (C=O) groups excluding carboxylic acids is 1. The van der Waals surface area contributed by atoms with Crippen molar-refractivity contribution in [2.45, 2.75) is 130 Å². The van der Waals surface area contributed by atoms with Gasteiger partial charge in [0.2, 0.25) is 5.91 Å². The summed E-state index contributed by atoms with van der Waals surface area (Å²) in [6.07, 6.45) is 7.32. The lowest BCUT2D eigenvalue weighted by atomic mass is 9.41. The Labute approximate surface area is 281 Å². The Kier molecular flexibility index (Phi) is 7.53. The minimum Gasteiger partial charge on any atom is -0.389 e. The highest BCUT2D eigenvalue weighted by Crippen LogP contribution is 2.90. The van der Waals surface area contributed by atoms with Gasteiger partial charge in [-0.1, -0.05) is 34.6 Å². The van der Waals surface area contributed by atoms with Crippen LogP contribution in [0.3, 0.4) is 0 Å². The van der Waals surface area contributed by atoms with Crippen LogP contribution in [0.25, 0.3) is 0 Å². The molecule has 0 aromatic heterocycles. The maximum absolute atomic E-state index is 13.0. The minimum atomic E-state index is -1.31. The standard InChI is InChI=1S/C38H59N2O7/c1-21-16-23(30(41)34(4,5)44)46-29-28(21)35(6)12-13-38-20-37(38)11-10-26(33(2,3)24(37)8-9-25(38)36(35,7)31(29)42)47-27-19-40(14-15-45-27)32(43)22-17-39-18-22/h21-22,24,26-28,30-31,39,41-42,44H,8-20H2,1-7H3/t21-,24+,26?,27+,28+,30+,31+,35-,36-,37-,38+/m1/s1. The molecule has 4 N–H and O–H groups in total. The first kappa shape index (κ1) is 33.3. The van der Waals surface area contributed by atoms with E-state index in [4.69, 9.17) is 14.2 Å². The summed E-state index contributed by atoms with van der Waals surface area (Å²) in [6, 6.07) is 0. The lowest BCUT2D eigenvalue weighted by Gasteiger charge is -2.63. The van der Waals surface area contributed by atoms with Gasteiger partial charge in [0, 0.05) is 31.0 Å². The van der Waals surface area contributed by atoms with Crippen LogP contribution in [-0.2, 0) is 19.0 Å². The van der Waals surface area contributed by atoms with Crippen molar-refractivity contribution in [1.29, 1.82) is 0 Å². The van der Waals surface area contributed by atoms with Crippen molar-refractivity contribution < 1.29 is 34.3 Å². The summed E-state index contributed by atoms with van der Waals surface area (Å²) in [5, 5.41) is 37.2. The summed E-state index contributed by atoms with van der Waals surface area (Å²) in [5.74, 6) is 2.74. The van der Waals surface area contributed by atoms with Crippen LogP contribution in [-0.4, -0.2) is 89.1 Å². The number of nitrogens with one attached hydrogen (secondary N) is 1. The minimum absolute atomic E-state index is 0.0335. The van der Waals surface area contributed by atoms with Gasteiger partial charge in [0.25, 0.3) is 0 Å². The van der Waals surface area contributed by atoms with Gasteiger partial charge >= 0.3 is 0 Å². The van der Waals surface area contributed by atoms with Crippen molar-refractivity contribution in [1.82, 2.24) is 10.2 Å². The highest BCUT2D eigenvalue weighted by atomic mass is 16.7. The summed E-state index contributed by atoms with van der Waals surface area (Å²) >= 11 is 0. The first-order chi connectivity index (χ1) is 22.0. The van der Waals surface area contributed by atoms with Crippen molar-refractivity contribution in [3.05, 3.63) is 18.1 Å². The average molecular weight is 656 g/mol. The van der Waals surface area contributed by atoms with Gasteiger partial charge in [0.15, 0.2) is 6.29 Å². The molecular formula is C38H59N2O7. The molecule has 263 valence electrons. The van der Waals surface area contributed by atoms with Crippen molar-refractivity contribution in [2.24, 2.45) is 50.7 Å². The molecule has 3 radical (unpaired) electrons. The highest BCUT2D eigenvalue weighted by Gasteiger charge is 2.85. The number of hydrogen-bond donors (Lipinski definition) is 4. The predicted octanol–water partition coefficient (Wildman–Crippen LogP) is 4.01. The smallest absolute Gasteiger partial charge is 0.228 e. The van der Waals surface area contributed by atoms with Crippen LogP contribution in [0, 0.1) is 68.9 Å². The highest BCUT2D eigenvalue weighted by molar-refractivity contribution is 5.80. The summed E-state index contributed by atoms with van der Waals surface area (Å²) in [7, 11) is 0. The second-order valence-corrected chi connectivity index (χ2v) is 18.6. The number of aliphatic hydroxyl groups is 3. The van der Waals surface area contributed by atoms with Gasteiger partial charge in [0.05, 0.1) is 36.9 Å². The molecule has 0 bridgehead atoms. The Hall–Kier alpha value is -0.810. The van der Waals surface area contributed by atoms with E-state index in [0.29, 0.717) is 38.1 Å². The summed E-state index contributed by atoms with van der Waals surface area (Å²) < 4.78 is 19.4. The molecule has 2 spiro atoms. The second kappa shape index (κ2) is 10.6. The second-order valence-electron chi connectivity index (χ2n) is 18.6. The van der Waals surface area contributed by atoms with Gasteiger partial charge in [-0.25, -0.2) is 0 Å². The number of nitrogens with zero attached hydrogens (tertiary/aromatic N) is 1. The van der Waals surface area contributed by atoms with Gasteiger partial charge in [-0.3, -0.25) is 4.79 Å². The van der Waals surface area contributed by atoms with Gasteiger partial charge < -0.3 is 39.7 Å². The molecule has 8 rings (SSSR count). The molecule has 3 aliphatic heterocycles. The maximum Gasteiger partial charge on any atom is 0.228 e. The molecule has 0 aromatic rings. The summed E-state index contributed by atoms with van der Waals surface area (Å²) in [6.45, 7) is 18.2. The monoisotopic (exact) mass is 655 g/mol. The molecule has 3 heterocycles. The number of morpholine rings is 1. The molecule has 8 aliphatic rings. The van der Waals surface area contributed by atoms with E-state index in [1.807, 2.05) is 4.90 Å². The molecule has 1 unspecified atom stereocenters. The van der Waals surface area contributed by atoms with Crippen LogP contribution in [0.2, 0.25) is 0 Å². The Morgan fingerprint density at radius 2 is 1.87 bits per heavy atom. The van der Waals surface area contributed by atoms with Crippen molar-refractivity contribution in [2.75, 3.05) is 32.8 Å².